The van der Waals surface area contributed by atoms with Crippen molar-refractivity contribution >= 4 is 0 Å². The van der Waals surface area contributed by atoms with Crippen LogP contribution in [0.5, 0.6) is 0 Å². The van der Waals surface area contributed by atoms with E-state index >= 15 is 0 Å². The van der Waals surface area contributed by atoms with Crippen LogP contribution in [0.25, 0.3) is 0 Å². The van der Waals surface area contributed by atoms with E-state index in [0.29, 0.717) is 0 Å². The number of hydrogen-bond donors (Lipinski definition) is 1. The predicted molar refractivity (Wildman–Crippen MR) is 51.1 cm³/mol. The molecule has 0 saturated heterocycles. The van der Waals surface area contributed by atoms with Gasteiger partial charge >= 0.3 is 0 Å². The van der Waals surface area contributed by atoms with Gasteiger partial charge < -0.3 is 4.98 Å². The van der Waals surface area contributed by atoms with Gasteiger partial charge in [0.2, 0.25) is 0 Å². The van der Waals surface area contributed by atoms with Crippen LogP contribution in [0, 0.1) is 0 Å². The van der Waals surface area contributed by atoms with E-state index < -0.39 is 0 Å². The Kier molecular flexibility index (Phi) is 2.90. The van der Waals surface area contributed by atoms with Gasteiger partial charge in [0.05, 0.1) is 12.0 Å². The van der Waals surface area contributed by atoms with E-state index in [1.54, 1.807) is 6.33 Å². The minimum Gasteiger partial charge on any atom is -0.351 e. The van der Waals surface area contributed by atoms with Gasteiger partial charge in [-0.2, -0.15) is 0 Å². The first-order valence-electron chi connectivity index (χ1n) is 4.66. The summed E-state index contributed by atoms with van der Waals surface area (Å²) in [7, 11) is 0. The fraction of sp³-hybridized carbons (Fsp3) is 0.700. The molecule has 0 aliphatic carbocycles. The molecule has 0 amide bonds. The molecule has 0 fully saturated rings. The standard InChI is InChI=1S/C10H18N2/c1-4-5-6-10(2,3)9-7-11-8-12-9/h7-8H,4-6H2,1-3H3,(H,11,12). The third-order valence-electron chi connectivity index (χ3n) is 2.35. The third-order valence-corrected chi connectivity index (χ3v) is 2.35. The Morgan fingerprint density at radius 1 is 1.50 bits per heavy atom. The first-order valence-corrected chi connectivity index (χ1v) is 4.66. The average molecular weight is 166 g/mol. The third kappa shape index (κ3) is 2.10. The van der Waals surface area contributed by atoms with Gasteiger partial charge in [-0.15, -0.1) is 0 Å². The number of aromatic nitrogens is 2. The molecule has 0 unspecified atom stereocenters. The first kappa shape index (κ1) is 9.30. The number of hydrogen-bond acceptors (Lipinski definition) is 1. The van der Waals surface area contributed by atoms with Crippen LogP contribution in [0.4, 0.5) is 0 Å². The van der Waals surface area contributed by atoms with Crippen molar-refractivity contribution in [2.24, 2.45) is 0 Å². The fourth-order valence-corrected chi connectivity index (χ4v) is 1.38. The van der Waals surface area contributed by atoms with Gasteiger partial charge in [-0.05, 0) is 6.42 Å². The zero-order valence-corrected chi connectivity index (χ0v) is 8.22. The van der Waals surface area contributed by atoms with Crippen molar-refractivity contribution < 1.29 is 0 Å². The molecular formula is C10H18N2. The minimum absolute atomic E-state index is 0.232. The van der Waals surface area contributed by atoms with Gasteiger partial charge in [0.1, 0.15) is 0 Å². The minimum atomic E-state index is 0.232. The summed E-state index contributed by atoms with van der Waals surface area (Å²) in [4.78, 5) is 7.29. The molecule has 0 saturated carbocycles. The number of rotatable bonds is 4. The largest absolute Gasteiger partial charge is 0.351 e. The Bertz CT molecular complexity index is 212. The summed E-state index contributed by atoms with van der Waals surface area (Å²) < 4.78 is 0. The molecule has 0 aliphatic heterocycles. The molecule has 0 aliphatic rings. The van der Waals surface area contributed by atoms with Crippen molar-refractivity contribution in [1.29, 1.82) is 0 Å². The zero-order chi connectivity index (χ0) is 9.03. The Morgan fingerprint density at radius 3 is 2.75 bits per heavy atom. The number of aromatic amines is 1. The monoisotopic (exact) mass is 166 g/mol. The molecule has 0 bridgehead atoms. The molecular weight excluding hydrogens is 148 g/mol. The topological polar surface area (TPSA) is 28.7 Å². The summed E-state index contributed by atoms with van der Waals surface area (Å²) in [6.45, 7) is 6.72. The summed E-state index contributed by atoms with van der Waals surface area (Å²) in [5, 5.41) is 0. The molecule has 1 N–H and O–H groups in total. The molecule has 1 heterocycles. The second kappa shape index (κ2) is 3.74. The van der Waals surface area contributed by atoms with Gasteiger partial charge in [-0.3, -0.25) is 0 Å². The number of unbranched alkanes of at least 4 members (excludes halogenated alkanes) is 1. The van der Waals surface area contributed by atoms with Gasteiger partial charge in [-0.25, -0.2) is 4.98 Å². The van der Waals surface area contributed by atoms with E-state index in [-0.39, 0.29) is 5.41 Å². The van der Waals surface area contributed by atoms with Crippen LogP contribution in [0.3, 0.4) is 0 Å². The van der Waals surface area contributed by atoms with Gasteiger partial charge in [-0.1, -0.05) is 33.6 Å². The van der Waals surface area contributed by atoms with Crippen LogP contribution in [0.15, 0.2) is 12.5 Å². The lowest BCUT2D eigenvalue weighted by Gasteiger charge is -2.21. The molecule has 0 aromatic carbocycles. The fourth-order valence-electron chi connectivity index (χ4n) is 1.38. The zero-order valence-electron chi connectivity index (χ0n) is 8.22. The van der Waals surface area contributed by atoms with Crippen LogP contribution in [0.2, 0.25) is 0 Å². The van der Waals surface area contributed by atoms with E-state index in [4.69, 9.17) is 0 Å². The highest BCUT2D eigenvalue weighted by molar-refractivity contribution is 5.09. The van der Waals surface area contributed by atoms with Crippen LogP contribution < -0.4 is 0 Å². The Labute approximate surface area is 74.4 Å². The SMILES string of the molecule is CCCCC(C)(C)c1c[nH]cn1. The van der Waals surface area contributed by atoms with Crippen molar-refractivity contribution in [2.75, 3.05) is 0 Å². The Hall–Kier alpha value is -0.790. The molecule has 2 heteroatoms. The maximum Gasteiger partial charge on any atom is 0.0923 e. The molecule has 1 aromatic rings. The van der Waals surface area contributed by atoms with E-state index in [1.165, 1.54) is 25.0 Å². The molecule has 0 atom stereocenters. The number of nitrogens with one attached hydrogen (secondary N) is 1. The lowest BCUT2D eigenvalue weighted by atomic mass is 9.84. The van der Waals surface area contributed by atoms with Gasteiger partial charge in [0.25, 0.3) is 0 Å². The smallest absolute Gasteiger partial charge is 0.0923 e. The van der Waals surface area contributed by atoms with Crippen LogP contribution in [0.1, 0.15) is 45.7 Å². The number of imidazole rings is 1. The molecule has 68 valence electrons. The van der Waals surface area contributed by atoms with Crippen molar-refractivity contribution in [3.8, 4) is 0 Å². The van der Waals surface area contributed by atoms with Gasteiger partial charge in [0.15, 0.2) is 0 Å². The first-order chi connectivity index (χ1) is 5.67. The Morgan fingerprint density at radius 2 is 2.25 bits per heavy atom. The second-order valence-electron chi connectivity index (χ2n) is 3.94. The van der Waals surface area contributed by atoms with Gasteiger partial charge in [0, 0.05) is 11.6 Å². The summed E-state index contributed by atoms with van der Waals surface area (Å²) in [6.07, 6.45) is 7.50. The predicted octanol–water partition coefficient (Wildman–Crippen LogP) is 2.88. The lowest BCUT2D eigenvalue weighted by Crippen LogP contribution is -2.17. The molecule has 12 heavy (non-hydrogen) atoms. The highest BCUT2D eigenvalue weighted by Crippen LogP contribution is 2.26. The van der Waals surface area contributed by atoms with E-state index in [1.807, 2.05) is 6.20 Å². The maximum absolute atomic E-state index is 4.29. The quantitative estimate of drug-likeness (QED) is 0.732. The van der Waals surface area contributed by atoms with E-state index in [2.05, 4.69) is 30.7 Å². The maximum atomic E-state index is 4.29. The van der Waals surface area contributed by atoms with Crippen molar-refractivity contribution in [2.45, 2.75) is 45.4 Å². The highest BCUT2D eigenvalue weighted by Gasteiger charge is 2.21. The van der Waals surface area contributed by atoms with Crippen molar-refractivity contribution in [1.82, 2.24) is 9.97 Å². The highest BCUT2D eigenvalue weighted by atomic mass is 14.9. The normalized spacial score (nSPS) is 11.9. The molecule has 1 rings (SSSR count). The molecule has 0 spiro atoms. The molecule has 2 nitrogen and oxygen atoms in total. The number of H-pyrrole nitrogens is 1. The van der Waals surface area contributed by atoms with Crippen molar-refractivity contribution in [3.63, 3.8) is 0 Å². The van der Waals surface area contributed by atoms with E-state index in [9.17, 15) is 0 Å². The number of nitrogens with zero attached hydrogens (tertiary/aromatic N) is 1. The van der Waals surface area contributed by atoms with Crippen LogP contribution in [-0.4, -0.2) is 9.97 Å². The summed E-state index contributed by atoms with van der Waals surface area (Å²) in [5.74, 6) is 0. The second-order valence-corrected chi connectivity index (χ2v) is 3.94. The Balaban J connectivity index is 2.59. The summed E-state index contributed by atoms with van der Waals surface area (Å²) in [6, 6.07) is 0. The van der Waals surface area contributed by atoms with Crippen LogP contribution in [-0.2, 0) is 5.41 Å². The molecule has 1 aromatic heterocycles. The summed E-state index contributed by atoms with van der Waals surface area (Å²) >= 11 is 0. The van der Waals surface area contributed by atoms with Crippen molar-refractivity contribution in [3.05, 3.63) is 18.2 Å². The molecule has 0 radical (unpaired) electrons. The summed E-state index contributed by atoms with van der Waals surface area (Å²) in [5.41, 5.74) is 1.41. The van der Waals surface area contributed by atoms with Crippen LogP contribution >= 0.6 is 0 Å². The average Bonchev–Trinajstić information content (AvgIpc) is 2.53. The lowest BCUT2D eigenvalue weighted by molar-refractivity contribution is 0.447. The van der Waals surface area contributed by atoms with E-state index in [0.717, 1.165) is 0 Å².